The number of fused-ring (bicyclic) bond motifs is 1. The van der Waals surface area contributed by atoms with E-state index in [-0.39, 0.29) is 35.2 Å². The third kappa shape index (κ3) is 6.22. The van der Waals surface area contributed by atoms with Crippen LogP contribution in [0.15, 0.2) is 58.5 Å². The van der Waals surface area contributed by atoms with Crippen molar-refractivity contribution in [1.29, 1.82) is 0 Å². The number of para-hydroxylation sites is 1. The lowest BCUT2D eigenvalue weighted by atomic mass is 10.1. The second-order valence-electron chi connectivity index (χ2n) is 8.91. The molecule has 1 aromatic heterocycles. The molecule has 0 radical (unpaired) electrons. The molecule has 0 bridgehead atoms. The van der Waals surface area contributed by atoms with Crippen molar-refractivity contribution in [3.8, 4) is 5.69 Å². The van der Waals surface area contributed by atoms with Crippen LogP contribution in [-0.4, -0.2) is 51.1 Å². The Hall–Kier alpha value is -3.13. The van der Waals surface area contributed by atoms with E-state index < -0.39 is 0 Å². The molecule has 33 heavy (non-hydrogen) atoms. The van der Waals surface area contributed by atoms with Crippen molar-refractivity contribution < 1.29 is 9.59 Å². The van der Waals surface area contributed by atoms with Crippen LogP contribution in [0, 0.1) is 0 Å². The number of rotatable bonds is 7. The number of hydrogen-bond acceptors (Lipinski definition) is 5. The Balaban J connectivity index is 1.86. The summed E-state index contributed by atoms with van der Waals surface area (Å²) in [6.45, 7) is 7.71. The number of aromatic nitrogens is 2. The van der Waals surface area contributed by atoms with Crippen LogP contribution in [0.1, 0.15) is 33.3 Å². The van der Waals surface area contributed by atoms with Crippen LogP contribution >= 0.6 is 11.8 Å². The molecule has 0 aliphatic carbocycles. The lowest BCUT2D eigenvalue weighted by Gasteiger charge is -2.23. The van der Waals surface area contributed by atoms with Gasteiger partial charge < -0.3 is 10.2 Å². The summed E-state index contributed by atoms with van der Waals surface area (Å²) in [5, 5.41) is 3.80. The number of thioether (sulfide) groups is 1. The van der Waals surface area contributed by atoms with E-state index in [1.54, 1.807) is 23.7 Å². The molecule has 0 fully saturated rings. The number of benzene rings is 2. The van der Waals surface area contributed by atoms with Gasteiger partial charge in [-0.05, 0) is 57.0 Å². The first-order valence-corrected chi connectivity index (χ1v) is 11.9. The zero-order valence-electron chi connectivity index (χ0n) is 19.7. The van der Waals surface area contributed by atoms with Gasteiger partial charge in [-0.15, -0.1) is 0 Å². The highest BCUT2D eigenvalue weighted by Gasteiger charge is 2.19. The summed E-state index contributed by atoms with van der Waals surface area (Å²) in [5.74, 6) is -0.392. The maximum Gasteiger partial charge on any atom is 0.266 e. The smallest absolute Gasteiger partial charge is 0.266 e. The first-order valence-electron chi connectivity index (χ1n) is 10.9. The van der Waals surface area contributed by atoms with E-state index in [0.29, 0.717) is 21.7 Å². The second kappa shape index (κ2) is 10.2. The van der Waals surface area contributed by atoms with Crippen molar-refractivity contribution >= 4 is 34.5 Å². The van der Waals surface area contributed by atoms with Gasteiger partial charge in [-0.1, -0.05) is 43.0 Å². The van der Waals surface area contributed by atoms with Gasteiger partial charge >= 0.3 is 0 Å². The highest BCUT2D eigenvalue weighted by Crippen LogP contribution is 2.22. The van der Waals surface area contributed by atoms with Gasteiger partial charge in [0.05, 0.1) is 28.9 Å². The van der Waals surface area contributed by atoms with Crippen LogP contribution in [0.5, 0.6) is 0 Å². The molecule has 7 nitrogen and oxygen atoms in total. The normalized spacial score (nSPS) is 11.4. The van der Waals surface area contributed by atoms with Crippen LogP contribution in [-0.2, 0) is 16.0 Å². The molecule has 0 spiro atoms. The maximum absolute atomic E-state index is 13.3. The minimum atomic E-state index is -0.367. The minimum Gasteiger partial charge on any atom is -0.350 e. The Morgan fingerprint density at radius 1 is 1.09 bits per heavy atom. The standard InChI is InChI=1S/C25H30N4O3S/c1-6-17-11-13-18(14-12-17)29-23(32)19-9-7-8-10-20(19)26-24(29)33-16-22(31)28(5)15-21(30)27-25(2,3)4/h7-14H,6,15-16H2,1-5H3,(H,27,30). The summed E-state index contributed by atoms with van der Waals surface area (Å²) < 4.78 is 1.55. The van der Waals surface area contributed by atoms with Crippen LogP contribution in [0.25, 0.3) is 16.6 Å². The average molecular weight is 467 g/mol. The number of nitrogens with one attached hydrogen (secondary N) is 1. The van der Waals surface area contributed by atoms with Gasteiger partial charge in [-0.25, -0.2) is 4.98 Å². The van der Waals surface area contributed by atoms with E-state index in [2.05, 4.69) is 17.2 Å². The van der Waals surface area contributed by atoms with Crippen molar-refractivity contribution in [1.82, 2.24) is 19.8 Å². The van der Waals surface area contributed by atoms with Gasteiger partial charge in [-0.3, -0.25) is 19.0 Å². The van der Waals surface area contributed by atoms with Crippen LogP contribution in [0.4, 0.5) is 0 Å². The van der Waals surface area contributed by atoms with Crippen molar-refractivity contribution in [3.05, 3.63) is 64.4 Å². The first-order chi connectivity index (χ1) is 15.6. The molecule has 2 amide bonds. The van der Waals surface area contributed by atoms with Gasteiger partial charge in [0.15, 0.2) is 5.16 Å². The fourth-order valence-electron chi connectivity index (χ4n) is 3.32. The summed E-state index contributed by atoms with van der Waals surface area (Å²) >= 11 is 1.19. The molecule has 0 aliphatic rings. The molecule has 0 atom stereocenters. The first kappa shape index (κ1) is 24.5. The van der Waals surface area contributed by atoms with Gasteiger partial charge in [0.1, 0.15) is 0 Å². The van der Waals surface area contributed by atoms with Gasteiger partial charge in [0.2, 0.25) is 11.8 Å². The molecule has 0 saturated heterocycles. The van der Waals surface area contributed by atoms with Crippen LogP contribution in [0.2, 0.25) is 0 Å². The molecule has 1 heterocycles. The van der Waals surface area contributed by atoms with Crippen LogP contribution in [0.3, 0.4) is 0 Å². The summed E-state index contributed by atoms with van der Waals surface area (Å²) in [6, 6.07) is 14.9. The van der Waals surface area contributed by atoms with E-state index in [1.165, 1.54) is 22.2 Å². The third-order valence-corrected chi connectivity index (χ3v) is 5.92. The lowest BCUT2D eigenvalue weighted by Crippen LogP contribution is -2.46. The average Bonchev–Trinajstić information content (AvgIpc) is 2.76. The third-order valence-electron chi connectivity index (χ3n) is 4.99. The Bertz CT molecular complexity index is 1210. The molecule has 1 N–H and O–H groups in total. The number of hydrogen-bond donors (Lipinski definition) is 1. The highest BCUT2D eigenvalue weighted by molar-refractivity contribution is 7.99. The Kier molecular flexibility index (Phi) is 7.58. The molecule has 2 aromatic carbocycles. The van der Waals surface area contributed by atoms with Crippen molar-refractivity contribution in [2.45, 2.75) is 44.8 Å². The quantitative estimate of drug-likeness (QED) is 0.426. The summed E-state index contributed by atoms with van der Waals surface area (Å²) in [7, 11) is 1.59. The number of carbonyl (C=O) groups excluding carboxylic acids is 2. The molecule has 0 unspecified atom stereocenters. The predicted octanol–water partition coefficient (Wildman–Crippen LogP) is 3.41. The van der Waals surface area contributed by atoms with Gasteiger partial charge in [-0.2, -0.15) is 0 Å². The minimum absolute atomic E-state index is 0.0346. The van der Waals surface area contributed by atoms with E-state index >= 15 is 0 Å². The summed E-state index contributed by atoms with van der Waals surface area (Å²) in [6.07, 6.45) is 0.899. The van der Waals surface area contributed by atoms with E-state index in [0.717, 1.165) is 6.42 Å². The van der Waals surface area contributed by atoms with Gasteiger partial charge in [0.25, 0.3) is 5.56 Å². The summed E-state index contributed by atoms with van der Waals surface area (Å²) in [5.41, 5.74) is 1.90. The van der Waals surface area contributed by atoms with E-state index in [9.17, 15) is 14.4 Å². The number of aryl methyl sites for hydroxylation is 1. The number of nitrogens with zero attached hydrogens (tertiary/aromatic N) is 3. The Morgan fingerprint density at radius 2 is 1.76 bits per heavy atom. The predicted molar refractivity (Wildman–Crippen MR) is 133 cm³/mol. The molecule has 3 rings (SSSR count). The SMILES string of the molecule is CCc1ccc(-n2c(SCC(=O)N(C)CC(=O)NC(C)(C)C)nc3ccccc3c2=O)cc1. The Morgan fingerprint density at radius 3 is 2.39 bits per heavy atom. The maximum atomic E-state index is 13.3. The monoisotopic (exact) mass is 466 g/mol. The van der Waals surface area contributed by atoms with Crippen LogP contribution < -0.4 is 10.9 Å². The van der Waals surface area contributed by atoms with Gasteiger partial charge in [0, 0.05) is 12.6 Å². The molecule has 0 aliphatic heterocycles. The topological polar surface area (TPSA) is 84.3 Å². The number of amides is 2. The number of likely N-dealkylation sites (N-methyl/N-ethyl adjacent to an activating group) is 1. The van der Waals surface area contributed by atoms with Crippen molar-refractivity contribution in [3.63, 3.8) is 0 Å². The molecule has 174 valence electrons. The molecular formula is C25H30N4O3S. The van der Waals surface area contributed by atoms with E-state index in [1.807, 2.05) is 57.2 Å². The molecule has 8 heteroatoms. The fourth-order valence-corrected chi connectivity index (χ4v) is 4.27. The van der Waals surface area contributed by atoms with E-state index in [4.69, 9.17) is 0 Å². The van der Waals surface area contributed by atoms with Crippen molar-refractivity contribution in [2.75, 3.05) is 19.3 Å². The highest BCUT2D eigenvalue weighted by atomic mass is 32.2. The Labute approximate surface area is 198 Å². The fraction of sp³-hybridized carbons (Fsp3) is 0.360. The summed E-state index contributed by atoms with van der Waals surface area (Å²) in [4.78, 5) is 44.2. The largest absolute Gasteiger partial charge is 0.350 e. The number of carbonyl (C=O) groups is 2. The second-order valence-corrected chi connectivity index (χ2v) is 9.85. The zero-order valence-corrected chi connectivity index (χ0v) is 20.5. The zero-order chi connectivity index (χ0) is 24.2. The molecule has 0 saturated carbocycles. The van der Waals surface area contributed by atoms with Crippen molar-refractivity contribution in [2.24, 2.45) is 0 Å². The lowest BCUT2D eigenvalue weighted by molar-refractivity contribution is -0.133. The molecule has 3 aromatic rings. The molecular weight excluding hydrogens is 436 g/mol.